The van der Waals surface area contributed by atoms with Crippen LogP contribution in [0.2, 0.25) is 10.0 Å². The van der Waals surface area contributed by atoms with Crippen molar-refractivity contribution >= 4 is 44.8 Å². The van der Waals surface area contributed by atoms with Gasteiger partial charge in [0.2, 0.25) is 15.9 Å². The fourth-order valence-electron chi connectivity index (χ4n) is 1.87. The van der Waals surface area contributed by atoms with Gasteiger partial charge in [-0.2, -0.15) is 0 Å². The van der Waals surface area contributed by atoms with E-state index >= 15 is 0 Å². The van der Waals surface area contributed by atoms with E-state index in [-0.39, 0.29) is 29.8 Å². The number of carbonyl (C=O) groups is 1. The summed E-state index contributed by atoms with van der Waals surface area (Å²) in [6, 6.07) is 4.98. The zero-order chi connectivity index (χ0) is 16.8. The predicted octanol–water partition coefficient (Wildman–Crippen LogP) is 3.07. The van der Waals surface area contributed by atoms with Gasteiger partial charge in [-0.25, -0.2) is 13.1 Å². The maximum Gasteiger partial charge on any atom is 0.223 e. The van der Waals surface area contributed by atoms with Crippen LogP contribution in [0.25, 0.3) is 0 Å². The number of hydrogen-bond donors (Lipinski definition) is 1. The van der Waals surface area contributed by atoms with Crippen LogP contribution in [0, 0.1) is 0 Å². The number of nitrogens with zero attached hydrogens (tertiary/aromatic N) is 1. The van der Waals surface area contributed by atoms with Gasteiger partial charge in [0.25, 0.3) is 0 Å². The molecular weight excluding hydrogens is 347 g/mol. The minimum absolute atomic E-state index is 0.0848. The van der Waals surface area contributed by atoms with Gasteiger partial charge in [0.1, 0.15) is 0 Å². The van der Waals surface area contributed by atoms with E-state index in [1.54, 1.807) is 18.2 Å². The van der Waals surface area contributed by atoms with Gasteiger partial charge in [0.15, 0.2) is 0 Å². The van der Waals surface area contributed by atoms with Crippen LogP contribution in [0.1, 0.15) is 26.7 Å². The SMILES string of the molecule is CCCCS(=O)(=O)NCCN(C(C)=O)c1cccc(Cl)c1Cl. The molecule has 0 heterocycles. The lowest BCUT2D eigenvalue weighted by atomic mass is 10.2. The van der Waals surface area contributed by atoms with E-state index in [4.69, 9.17) is 23.2 Å². The minimum Gasteiger partial charge on any atom is -0.310 e. The van der Waals surface area contributed by atoms with Gasteiger partial charge in [0, 0.05) is 20.0 Å². The third kappa shape index (κ3) is 5.76. The van der Waals surface area contributed by atoms with Crippen molar-refractivity contribution in [2.45, 2.75) is 26.7 Å². The van der Waals surface area contributed by atoms with Gasteiger partial charge in [-0.05, 0) is 18.6 Å². The van der Waals surface area contributed by atoms with Crippen LogP contribution >= 0.6 is 23.2 Å². The Morgan fingerprint density at radius 1 is 1.32 bits per heavy atom. The van der Waals surface area contributed by atoms with Crippen molar-refractivity contribution in [2.24, 2.45) is 0 Å². The molecule has 0 fully saturated rings. The van der Waals surface area contributed by atoms with Crippen molar-refractivity contribution in [3.8, 4) is 0 Å². The number of carbonyl (C=O) groups excluding carboxylic acids is 1. The summed E-state index contributed by atoms with van der Waals surface area (Å²) >= 11 is 12.0. The van der Waals surface area contributed by atoms with E-state index in [2.05, 4.69) is 4.72 Å². The normalized spacial score (nSPS) is 11.5. The predicted molar refractivity (Wildman–Crippen MR) is 91.2 cm³/mol. The number of halogens is 2. The Labute approximate surface area is 141 Å². The first-order valence-corrected chi connectivity index (χ1v) is 9.38. The summed E-state index contributed by atoms with van der Waals surface area (Å²) in [5.74, 6) is -0.154. The maximum atomic E-state index is 11.8. The van der Waals surface area contributed by atoms with E-state index in [0.717, 1.165) is 6.42 Å². The van der Waals surface area contributed by atoms with Crippen LogP contribution in [-0.4, -0.2) is 33.2 Å². The molecule has 0 radical (unpaired) electrons. The van der Waals surface area contributed by atoms with E-state index < -0.39 is 10.0 Å². The molecule has 1 rings (SSSR count). The zero-order valence-electron chi connectivity index (χ0n) is 12.6. The van der Waals surface area contributed by atoms with Crippen molar-refractivity contribution in [3.05, 3.63) is 28.2 Å². The molecular formula is C14H20Cl2N2O3S. The van der Waals surface area contributed by atoms with E-state index in [0.29, 0.717) is 17.1 Å². The van der Waals surface area contributed by atoms with Crippen molar-refractivity contribution < 1.29 is 13.2 Å². The summed E-state index contributed by atoms with van der Waals surface area (Å²) in [5, 5.41) is 0.613. The quantitative estimate of drug-likeness (QED) is 0.768. The molecule has 0 atom stereocenters. The van der Waals surface area contributed by atoms with Crippen molar-refractivity contribution in [2.75, 3.05) is 23.7 Å². The molecule has 0 aromatic heterocycles. The van der Waals surface area contributed by atoms with Crippen molar-refractivity contribution in [3.63, 3.8) is 0 Å². The Hall–Kier alpha value is -0.820. The number of sulfonamides is 1. The maximum absolute atomic E-state index is 11.8. The molecule has 22 heavy (non-hydrogen) atoms. The molecule has 0 spiro atoms. The summed E-state index contributed by atoms with van der Waals surface area (Å²) in [6.45, 7) is 3.62. The molecule has 5 nitrogen and oxygen atoms in total. The van der Waals surface area contributed by atoms with Gasteiger partial charge in [0.05, 0.1) is 21.5 Å². The van der Waals surface area contributed by atoms with Crippen LogP contribution in [0.5, 0.6) is 0 Å². The number of benzene rings is 1. The van der Waals surface area contributed by atoms with E-state index in [1.807, 2.05) is 6.92 Å². The third-order valence-electron chi connectivity index (χ3n) is 3.03. The molecule has 0 bridgehead atoms. The molecule has 8 heteroatoms. The van der Waals surface area contributed by atoms with Gasteiger partial charge < -0.3 is 4.90 Å². The van der Waals surface area contributed by atoms with Crippen LogP contribution < -0.4 is 9.62 Å². The average Bonchev–Trinajstić information content (AvgIpc) is 2.45. The highest BCUT2D eigenvalue weighted by molar-refractivity contribution is 7.89. The molecule has 0 saturated heterocycles. The molecule has 124 valence electrons. The Morgan fingerprint density at radius 2 is 2.00 bits per heavy atom. The first-order chi connectivity index (χ1) is 10.3. The van der Waals surface area contributed by atoms with E-state index in [1.165, 1.54) is 11.8 Å². The zero-order valence-corrected chi connectivity index (χ0v) is 14.9. The van der Waals surface area contributed by atoms with Crippen molar-refractivity contribution in [1.82, 2.24) is 4.72 Å². The number of unbranched alkanes of at least 4 members (excludes halogenated alkanes) is 1. The standard InChI is InChI=1S/C14H20Cl2N2O3S/c1-3-4-10-22(20,21)17-8-9-18(11(2)19)13-7-5-6-12(15)14(13)16/h5-7,17H,3-4,8-10H2,1-2H3. The first-order valence-electron chi connectivity index (χ1n) is 6.98. The summed E-state index contributed by atoms with van der Waals surface area (Å²) < 4.78 is 26.0. The number of amides is 1. The fraction of sp³-hybridized carbons (Fsp3) is 0.500. The summed E-state index contributed by atoms with van der Waals surface area (Å²) in [6.07, 6.45) is 1.41. The second-order valence-electron chi connectivity index (χ2n) is 4.81. The molecule has 1 amide bonds. The van der Waals surface area contributed by atoms with Crippen LogP contribution in [-0.2, 0) is 14.8 Å². The number of nitrogens with one attached hydrogen (secondary N) is 1. The highest BCUT2D eigenvalue weighted by atomic mass is 35.5. The molecule has 0 aliphatic rings. The van der Waals surface area contributed by atoms with Gasteiger partial charge >= 0.3 is 0 Å². The Morgan fingerprint density at radius 3 is 2.59 bits per heavy atom. The topological polar surface area (TPSA) is 66.5 Å². The molecule has 0 aliphatic heterocycles. The highest BCUT2D eigenvalue weighted by Crippen LogP contribution is 2.32. The third-order valence-corrected chi connectivity index (χ3v) is 5.31. The minimum atomic E-state index is -3.31. The average molecular weight is 367 g/mol. The molecule has 0 aliphatic carbocycles. The molecule has 1 N–H and O–H groups in total. The van der Waals surface area contributed by atoms with Gasteiger partial charge in [-0.1, -0.05) is 42.6 Å². The van der Waals surface area contributed by atoms with Crippen LogP contribution in [0.3, 0.4) is 0 Å². The Balaban J connectivity index is 2.75. The number of hydrogen-bond acceptors (Lipinski definition) is 3. The number of anilines is 1. The molecule has 0 saturated carbocycles. The Bertz CT molecular complexity index is 621. The first kappa shape index (κ1) is 19.2. The second kappa shape index (κ2) is 8.72. The summed E-state index contributed by atoms with van der Waals surface area (Å²) in [4.78, 5) is 13.2. The second-order valence-corrected chi connectivity index (χ2v) is 7.52. The largest absolute Gasteiger partial charge is 0.310 e. The lowest BCUT2D eigenvalue weighted by molar-refractivity contribution is -0.116. The Kier molecular flexibility index (Phi) is 7.62. The molecule has 1 aromatic rings. The molecule has 0 unspecified atom stereocenters. The highest BCUT2D eigenvalue weighted by Gasteiger charge is 2.17. The fourth-order valence-corrected chi connectivity index (χ4v) is 3.48. The van der Waals surface area contributed by atoms with Crippen molar-refractivity contribution in [1.29, 1.82) is 0 Å². The van der Waals surface area contributed by atoms with E-state index in [9.17, 15) is 13.2 Å². The lowest BCUT2D eigenvalue weighted by Crippen LogP contribution is -2.38. The summed E-state index contributed by atoms with van der Waals surface area (Å²) in [7, 11) is -3.31. The smallest absolute Gasteiger partial charge is 0.223 e. The monoisotopic (exact) mass is 366 g/mol. The van der Waals surface area contributed by atoms with Gasteiger partial charge in [-0.15, -0.1) is 0 Å². The lowest BCUT2D eigenvalue weighted by Gasteiger charge is -2.23. The molecule has 1 aromatic carbocycles. The van der Waals surface area contributed by atoms with Crippen LogP contribution in [0.15, 0.2) is 18.2 Å². The van der Waals surface area contributed by atoms with Gasteiger partial charge in [-0.3, -0.25) is 4.79 Å². The number of rotatable bonds is 8. The summed E-state index contributed by atoms with van der Waals surface area (Å²) in [5.41, 5.74) is 0.467. The van der Waals surface area contributed by atoms with Crippen LogP contribution in [0.4, 0.5) is 5.69 Å².